The molecule has 0 spiro atoms. The molecule has 1 aromatic rings. The zero-order valence-electron chi connectivity index (χ0n) is 11.3. The van der Waals surface area contributed by atoms with E-state index in [-0.39, 0.29) is 11.4 Å². The topological polar surface area (TPSA) is 101 Å². The highest BCUT2D eigenvalue weighted by atomic mass is 32.2. The number of unbranched alkanes of at least 4 members (excludes halogenated alkanes) is 2. The third kappa shape index (κ3) is 5.93. The van der Waals surface area contributed by atoms with E-state index in [2.05, 4.69) is 9.82 Å². The number of carboxylic acids is 1. The number of carboxylic acid groups (broad SMARTS) is 1. The number of rotatable bonds is 10. The zero-order valence-corrected chi connectivity index (χ0v) is 12.9. The molecule has 9 heteroatoms. The fourth-order valence-corrected chi connectivity index (χ4v) is 3.07. The van der Waals surface area contributed by atoms with Gasteiger partial charge in [-0.3, -0.25) is 9.48 Å². The molecule has 0 atom stereocenters. The van der Waals surface area contributed by atoms with E-state index >= 15 is 0 Å². The summed E-state index contributed by atoms with van der Waals surface area (Å²) in [6.07, 6.45) is 7.23. The van der Waals surface area contributed by atoms with Gasteiger partial charge in [-0.25, -0.2) is 13.1 Å². The number of aliphatic carboxylic acids is 1. The Morgan fingerprint density at radius 2 is 2.20 bits per heavy atom. The molecule has 1 heterocycles. The maximum atomic E-state index is 11.9. The summed E-state index contributed by atoms with van der Waals surface area (Å²) in [7, 11) is -3.60. The standard InChI is InChI=1S/C11H19N3O4S2/c1-19-6-4-2-3-5-13-20(17,18)10-7-12-14(8-10)9-11(15)16/h7-8,13H,2-6,9H2,1H3,(H,15,16). The van der Waals surface area contributed by atoms with Gasteiger partial charge in [-0.05, 0) is 24.9 Å². The first kappa shape index (κ1) is 17.0. The highest BCUT2D eigenvalue weighted by molar-refractivity contribution is 7.98. The van der Waals surface area contributed by atoms with E-state index in [0.29, 0.717) is 6.54 Å². The van der Waals surface area contributed by atoms with Crippen molar-refractivity contribution in [2.24, 2.45) is 0 Å². The van der Waals surface area contributed by atoms with Crippen molar-refractivity contribution in [1.29, 1.82) is 0 Å². The molecule has 7 nitrogen and oxygen atoms in total. The predicted octanol–water partition coefficient (Wildman–Crippen LogP) is 0.779. The minimum absolute atomic E-state index is 0.0112. The number of thioether (sulfide) groups is 1. The van der Waals surface area contributed by atoms with Crippen LogP contribution < -0.4 is 4.72 Å². The SMILES string of the molecule is CSCCCCCNS(=O)(=O)c1cnn(CC(=O)O)c1. The van der Waals surface area contributed by atoms with Crippen LogP contribution in [0.2, 0.25) is 0 Å². The fraction of sp³-hybridized carbons (Fsp3) is 0.636. The summed E-state index contributed by atoms with van der Waals surface area (Å²) in [5.41, 5.74) is 0. The summed E-state index contributed by atoms with van der Waals surface area (Å²) < 4.78 is 27.4. The number of aromatic nitrogens is 2. The van der Waals surface area contributed by atoms with Gasteiger partial charge in [0.2, 0.25) is 10.0 Å². The van der Waals surface area contributed by atoms with Crippen LogP contribution >= 0.6 is 11.8 Å². The first-order chi connectivity index (χ1) is 9.45. The number of carbonyl (C=O) groups is 1. The molecule has 0 bridgehead atoms. The smallest absolute Gasteiger partial charge is 0.325 e. The summed E-state index contributed by atoms with van der Waals surface area (Å²) >= 11 is 1.77. The molecule has 20 heavy (non-hydrogen) atoms. The first-order valence-corrected chi connectivity index (χ1v) is 9.06. The Morgan fingerprint density at radius 3 is 2.85 bits per heavy atom. The van der Waals surface area contributed by atoms with Crippen molar-refractivity contribution in [3.63, 3.8) is 0 Å². The second-order valence-corrected chi connectivity index (χ2v) is 6.97. The number of hydrogen-bond acceptors (Lipinski definition) is 5. The Bertz CT molecular complexity index is 528. The molecule has 0 aliphatic rings. The molecule has 0 saturated carbocycles. The van der Waals surface area contributed by atoms with E-state index in [0.717, 1.165) is 35.9 Å². The minimum atomic E-state index is -3.60. The summed E-state index contributed by atoms with van der Waals surface area (Å²) in [6, 6.07) is 0. The maximum Gasteiger partial charge on any atom is 0.325 e. The molecular weight excluding hydrogens is 302 g/mol. The van der Waals surface area contributed by atoms with Gasteiger partial charge < -0.3 is 5.11 Å². The van der Waals surface area contributed by atoms with Crippen molar-refractivity contribution < 1.29 is 18.3 Å². The summed E-state index contributed by atoms with van der Waals surface area (Å²) in [5.74, 6) is 0.00753. The van der Waals surface area contributed by atoms with Gasteiger partial charge in [0.15, 0.2) is 0 Å². The van der Waals surface area contributed by atoms with E-state index in [1.54, 1.807) is 11.8 Å². The zero-order chi connectivity index (χ0) is 15.0. The molecule has 2 N–H and O–H groups in total. The molecule has 0 aliphatic carbocycles. The van der Waals surface area contributed by atoms with Crippen LogP contribution in [0.3, 0.4) is 0 Å². The van der Waals surface area contributed by atoms with E-state index in [1.807, 2.05) is 6.26 Å². The maximum absolute atomic E-state index is 11.9. The number of sulfonamides is 1. The van der Waals surface area contributed by atoms with Crippen LogP contribution in [0.1, 0.15) is 19.3 Å². The summed E-state index contributed by atoms with van der Waals surface area (Å²) in [6.45, 7) is 0.0189. The third-order valence-corrected chi connectivity index (χ3v) is 4.65. The average Bonchev–Trinajstić information content (AvgIpc) is 2.82. The Labute approximate surface area is 122 Å². The van der Waals surface area contributed by atoms with Crippen LogP contribution in [0.25, 0.3) is 0 Å². The molecule has 0 aromatic carbocycles. The summed E-state index contributed by atoms with van der Waals surface area (Å²) in [5, 5.41) is 12.3. The van der Waals surface area contributed by atoms with Gasteiger partial charge in [0.05, 0.1) is 6.20 Å². The second-order valence-electron chi connectivity index (χ2n) is 4.22. The lowest BCUT2D eigenvalue weighted by Crippen LogP contribution is -2.24. The monoisotopic (exact) mass is 321 g/mol. The lowest BCUT2D eigenvalue weighted by atomic mass is 10.2. The molecule has 1 aromatic heterocycles. The molecule has 114 valence electrons. The number of nitrogens with zero attached hydrogens (tertiary/aromatic N) is 2. The Balaban J connectivity index is 2.43. The van der Waals surface area contributed by atoms with Gasteiger partial charge in [0.25, 0.3) is 0 Å². The van der Waals surface area contributed by atoms with Gasteiger partial charge in [0.1, 0.15) is 11.4 Å². The van der Waals surface area contributed by atoms with Crippen molar-refractivity contribution >= 4 is 27.8 Å². The van der Waals surface area contributed by atoms with Crippen LogP contribution in [0.15, 0.2) is 17.3 Å². The van der Waals surface area contributed by atoms with Crippen molar-refractivity contribution in [2.45, 2.75) is 30.7 Å². The van der Waals surface area contributed by atoms with Gasteiger partial charge in [-0.1, -0.05) is 6.42 Å². The molecular formula is C11H19N3O4S2. The largest absolute Gasteiger partial charge is 0.480 e. The Morgan fingerprint density at radius 1 is 1.45 bits per heavy atom. The second kappa shape index (κ2) is 8.28. The fourth-order valence-electron chi connectivity index (χ4n) is 1.55. The first-order valence-electron chi connectivity index (χ1n) is 6.18. The van der Waals surface area contributed by atoms with Crippen LogP contribution in [-0.2, 0) is 21.4 Å². The lowest BCUT2D eigenvalue weighted by Gasteiger charge is -2.04. The Kier molecular flexibility index (Phi) is 7.03. The van der Waals surface area contributed by atoms with Crippen molar-refractivity contribution in [3.8, 4) is 0 Å². The van der Waals surface area contributed by atoms with Gasteiger partial charge in [-0.15, -0.1) is 0 Å². The lowest BCUT2D eigenvalue weighted by molar-refractivity contribution is -0.137. The number of nitrogens with one attached hydrogen (secondary N) is 1. The highest BCUT2D eigenvalue weighted by Crippen LogP contribution is 2.07. The van der Waals surface area contributed by atoms with Crippen LogP contribution in [0, 0.1) is 0 Å². The molecule has 0 aliphatic heterocycles. The molecule has 1 rings (SSSR count). The van der Waals surface area contributed by atoms with Gasteiger partial charge in [0, 0.05) is 12.7 Å². The van der Waals surface area contributed by atoms with Crippen LogP contribution in [0.4, 0.5) is 0 Å². The van der Waals surface area contributed by atoms with E-state index in [4.69, 9.17) is 5.11 Å². The summed E-state index contributed by atoms with van der Waals surface area (Å²) in [4.78, 5) is 10.5. The number of hydrogen-bond donors (Lipinski definition) is 2. The average molecular weight is 321 g/mol. The molecule has 0 amide bonds. The highest BCUT2D eigenvalue weighted by Gasteiger charge is 2.16. The minimum Gasteiger partial charge on any atom is -0.480 e. The van der Waals surface area contributed by atoms with Crippen LogP contribution in [0.5, 0.6) is 0 Å². The Hall–Kier alpha value is -1.06. The molecule has 0 unspecified atom stereocenters. The van der Waals surface area contributed by atoms with E-state index in [9.17, 15) is 13.2 Å². The van der Waals surface area contributed by atoms with E-state index in [1.165, 1.54) is 6.20 Å². The van der Waals surface area contributed by atoms with E-state index < -0.39 is 16.0 Å². The normalized spacial score (nSPS) is 11.7. The third-order valence-electron chi connectivity index (χ3n) is 2.53. The van der Waals surface area contributed by atoms with Crippen molar-refractivity contribution in [1.82, 2.24) is 14.5 Å². The van der Waals surface area contributed by atoms with Crippen molar-refractivity contribution in [3.05, 3.63) is 12.4 Å². The molecule has 0 fully saturated rings. The van der Waals surface area contributed by atoms with Gasteiger partial charge >= 0.3 is 5.97 Å². The van der Waals surface area contributed by atoms with Crippen LogP contribution in [-0.4, -0.2) is 47.8 Å². The molecule has 0 saturated heterocycles. The van der Waals surface area contributed by atoms with Crippen molar-refractivity contribution in [2.75, 3.05) is 18.6 Å². The van der Waals surface area contributed by atoms with Gasteiger partial charge in [-0.2, -0.15) is 16.9 Å². The molecule has 0 radical (unpaired) electrons. The predicted molar refractivity (Wildman–Crippen MR) is 77.3 cm³/mol. The quantitative estimate of drug-likeness (QED) is 0.618.